The van der Waals surface area contributed by atoms with Crippen LogP contribution in [0.2, 0.25) is 0 Å². The summed E-state index contributed by atoms with van der Waals surface area (Å²) in [4.78, 5) is 18.9. The summed E-state index contributed by atoms with van der Waals surface area (Å²) < 4.78 is 11.9. The molecular weight excluding hydrogens is 733 g/mol. The highest BCUT2D eigenvalue weighted by atomic mass is 16.6. The fourth-order valence-corrected chi connectivity index (χ4v) is 7.41. The third kappa shape index (κ3) is 8.32. The lowest BCUT2D eigenvalue weighted by Crippen LogP contribution is -2.39. The van der Waals surface area contributed by atoms with Gasteiger partial charge in [-0.2, -0.15) is 0 Å². The van der Waals surface area contributed by atoms with Gasteiger partial charge in [0.2, 0.25) is 5.82 Å². The highest BCUT2D eigenvalue weighted by Gasteiger charge is 2.41. The van der Waals surface area contributed by atoms with E-state index in [1.54, 1.807) is 4.80 Å². The third-order valence-corrected chi connectivity index (χ3v) is 10.2. The van der Waals surface area contributed by atoms with Gasteiger partial charge in [-0.15, -0.1) is 15.0 Å². The number of benzene rings is 6. The lowest BCUT2D eigenvalue weighted by molar-refractivity contribution is 0.0523. The number of nitrogens with zero attached hydrogens (tertiary/aromatic N) is 5. The molecule has 0 saturated carbocycles. The Hall–Kier alpha value is -7.13. The summed E-state index contributed by atoms with van der Waals surface area (Å²) in [7, 11) is 0. The van der Waals surface area contributed by atoms with Gasteiger partial charge in [-0.1, -0.05) is 153 Å². The van der Waals surface area contributed by atoms with Crippen molar-refractivity contribution in [2.75, 3.05) is 0 Å². The molecule has 0 fully saturated rings. The Kier molecular flexibility index (Phi) is 11.0. The summed E-state index contributed by atoms with van der Waals surface area (Å²) >= 11 is 0. The minimum atomic E-state index is -0.873. The maximum absolute atomic E-state index is 12.3. The summed E-state index contributed by atoms with van der Waals surface area (Å²) in [6.07, 6.45) is 0.315. The molecule has 0 atom stereocenters. The molecule has 0 spiro atoms. The number of alkyl carbamates (subject to hydrolysis) is 1. The van der Waals surface area contributed by atoms with Gasteiger partial charge in [0.05, 0.1) is 5.52 Å². The van der Waals surface area contributed by atoms with Gasteiger partial charge in [0.1, 0.15) is 18.0 Å². The van der Waals surface area contributed by atoms with E-state index in [1.165, 1.54) is 0 Å². The number of aromatic nitrogens is 5. The van der Waals surface area contributed by atoms with E-state index < -0.39 is 17.2 Å². The number of carbonyl (C=O) groups is 1. The predicted molar refractivity (Wildman–Crippen MR) is 232 cm³/mol. The van der Waals surface area contributed by atoms with Crippen molar-refractivity contribution in [1.82, 2.24) is 30.5 Å². The summed E-state index contributed by atoms with van der Waals surface area (Å²) in [6, 6.07) is 55.5. The average Bonchev–Trinajstić information content (AvgIpc) is 3.76. The van der Waals surface area contributed by atoms with Crippen LogP contribution in [-0.4, -0.2) is 36.9 Å². The largest absolute Gasteiger partial charge is 0.488 e. The van der Waals surface area contributed by atoms with Crippen molar-refractivity contribution >= 4 is 17.0 Å². The van der Waals surface area contributed by atoms with Gasteiger partial charge in [-0.25, -0.2) is 4.79 Å². The molecule has 0 aliphatic carbocycles. The van der Waals surface area contributed by atoms with Crippen LogP contribution in [0.4, 0.5) is 4.79 Å². The average molecular weight is 779 g/mol. The summed E-state index contributed by atoms with van der Waals surface area (Å²) in [5.74, 6) is 1.27. The number of nitrogens with one attached hydrogen (secondary N) is 1. The van der Waals surface area contributed by atoms with Crippen LogP contribution in [0, 0.1) is 0 Å². The van der Waals surface area contributed by atoms with E-state index in [2.05, 4.69) is 79.0 Å². The minimum Gasteiger partial charge on any atom is -0.488 e. The number of pyridine rings is 1. The Labute approximate surface area is 344 Å². The number of rotatable bonds is 12. The molecule has 1 amide bonds. The van der Waals surface area contributed by atoms with E-state index in [-0.39, 0.29) is 0 Å². The standard InChI is InChI=1S/C50H46N6O3/c1-5-41-32-46(44-31-36(27-30-45(44)52-41)33-51-48(57)59-49(2,3)4)58-34-35-25-28-37(29-26-35)42-23-15-16-24-43(42)47-53-55-56(54-47)50(38-17-9-6-10-18-38,39-19-11-7-12-20-39)40-21-13-8-14-22-40/h6-32H,5,33-34H2,1-4H3,(H,51,57). The van der Waals surface area contributed by atoms with Gasteiger partial charge in [0.15, 0.2) is 5.54 Å². The lowest BCUT2D eigenvalue weighted by atomic mass is 9.77. The number of carbonyl (C=O) groups excluding carboxylic acids is 1. The smallest absolute Gasteiger partial charge is 0.407 e. The Morgan fingerprint density at radius 1 is 0.678 bits per heavy atom. The first kappa shape index (κ1) is 38.7. The number of amides is 1. The maximum Gasteiger partial charge on any atom is 0.407 e. The molecule has 9 nitrogen and oxygen atoms in total. The Bertz CT molecular complexity index is 2580. The summed E-state index contributed by atoms with van der Waals surface area (Å²) in [6.45, 7) is 8.29. The van der Waals surface area contributed by atoms with Gasteiger partial charge in [-0.3, -0.25) is 4.98 Å². The SMILES string of the molecule is CCc1cc(OCc2ccc(-c3ccccc3-c3nnn(C(c4ccccc4)(c4ccccc4)c4ccccc4)n3)cc2)c2cc(CNC(=O)OC(C)(C)C)ccc2n1. The molecule has 8 aromatic rings. The molecule has 0 unspecified atom stereocenters. The molecule has 6 aromatic carbocycles. The van der Waals surface area contributed by atoms with Crippen LogP contribution in [0.5, 0.6) is 5.75 Å². The number of fused-ring (bicyclic) bond motifs is 1. The van der Waals surface area contributed by atoms with Crippen LogP contribution in [0.25, 0.3) is 33.4 Å². The molecule has 294 valence electrons. The molecule has 0 radical (unpaired) electrons. The van der Waals surface area contributed by atoms with Gasteiger partial charge in [0, 0.05) is 29.3 Å². The molecule has 0 bridgehead atoms. The third-order valence-electron chi connectivity index (χ3n) is 10.2. The molecule has 0 aliphatic heterocycles. The Morgan fingerprint density at radius 3 is 1.85 bits per heavy atom. The normalized spacial score (nSPS) is 11.7. The van der Waals surface area contributed by atoms with Crippen molar-refractivity contribution in [3.63, 3.8) is 0 Å². The maximum atomic E-state index is 12.3. The molecule has 2 aromatic heterocycles. The van der Waals surface area contributed by atoms with E-state index in [0.29, 0.717) is 19.0 Å². The Balaban J connectivity index is 1.07. The number of hydrogen-bond acceptors (Lipinski definition) is 7. The molecule has 0 aliphatic rings. The fraction of sp³-hybridized carbons (Fsp3) is 0.180. The summed E-state index contributed by atoms with van der Waals surface area (Å²) in [5.41, 5.74) is 8.22. The van der Waals surface area contributed by atoms with E-state index in [1.807, 2.05) is 118 Å². The van der Waals surface area contributed by atoms with E-state index in [0.717, 1.165) is 73.3 Å². The quantitative estimate of drug-likeness (QED) is 0.123. The first-order valence-corrected chi connectivity index (χ1v) is 19.9. The number of aryl methyl sites for hydroxylation is 1. The van der Waals surface area contributed by atoms with Gasteiger partial charge < -0.3 is 14.8 Å². The lowest BCUT2D eigenvalue weighted by Gasteiger charge is -2.34. The molecule has 0 saturated heterocycles. The van der Waals surface area contributed by atoms with Crippen LogP contribution < -0.4 is 10.1 Å². The zero-order valence-corrected chi connectivity index (χ0v) is 33.7. The predicted octanol–water partition coefficient (Wildman–Crippen LogP) is 10.6. The van der Waals surface area contributed by atoms with Gasteiger partial charge >= 0.3 is 6.09 Å². The number of tetrazole rings is 1. The second kappa shape index (κ2) is 16.8. The van der Waals surface area contributed by atoms with Crippen molar-refractivity contribution in [3.8, 4) is 28.3 Å². The van der Waals surface area contributed by atoms with Crippen LogP contribution in [0.15, 0.2) is 164 Å². The highest BCUT2D eigenvalue weighted by molar-refractivity contribution is 5.86. The van der Waals surface area contributed by atoms with Crippen LogP contribution >= 0.6 is 0 Å². The monoisotopic (exact) mass is 778 g/mol. The first-order valence-electron chi connectivity index (χ1n) is 19.9. The summed E-state index contributed by atoms with van der Waals surface area (Å²) in [5, 5.41) is 18.4. The van der Waals surface area contributed by atoms with Crippen LogP contribution in [0.3, 0.4) is 0 Å². The fourth-order valence-electron chi connectivity index (χ4n) is 7.41. The zero-order valence-electron chi connectivity index (χ0n) is 33.7. The number of ether oxygens (including phenoxy) is 2. The van der Waals surface area contributed by atoms with Crippen LogP contribution in [-0.2, 0) is 29.8 Å². The molecular formula is C50H46N6O3. The molecule has 59 heavy (non-hydrogen) atoms. The van der Waals surface area contributed by atoms with E-state index in [4.69, 9.17) is 29.9 Å². The topological polar surface area (TPSA) is 104 Å². The first-order chi connectivity index (χ1) is 28.7. The zero-order chi connectivity index (χ0) is 40.8. The second-order valence-corrected chi connectivity index (χ2v) is 15.4. The molecule has 9 heteroatoms. The van der Waals surface area contributed by atoms with Crippen molar-refractivity contribution in [2.24, 2.45) is 0 Å². The highest BCUT2D eigenvalue weighted by Crippen LogP contribution is 2.40. The van der Waals surface area contributed by atoms with Gasteiger partial charge in [-0.05, 0) is 83.5 Å². The minimum absolute atomic E-state index is 0.322. The van der Waals surface area contributed by atoms with E-state index in [9.17, 15) is 4.79 Å². The van der Waals surface area contributed by atoms with Crippen LogP contribution in [0.1, 0.15) is 61.2 Å². The molecule has 8 rings (SSSR count). The van der Waals surface area contributed by atoms with E-state index >= 15 is 0 Å². The molecule has 2 heterocycles. The Morgan fingerprint density at radius 2 is 1.25 bits per heavy atom. The number of hydrogen-bond donors (Lipinski definition) is 1. The van der Waals surface area contributed by atoms with Crippen molar-refractivity contribution in [1.29, 1.82) is 0 Å². The van der Waals surface area contributed by atoms with Crippen molar-refractivity contribution in [3.05, 3.63) is 197 Å². The van der Waals surface area contributed by atoms with Crippen molar-refractivity contribution in [2.45, 2.75) is 58.4 Å². The molecule has 1 N–H and O–H groups in total. The van der Waals surface area contributed by atoms with Crippen molar-refractivity contribution < 1.29 is 14.3 Å². The second-order valence-electron chi connectivity index (χ2n) is 15.4. The van der Waals surface area contributed by atoms with Gasteiger partial charge in [0.25, 0.3) is 0 Å².